The average molecular weight is 334 g/mol. The van der Waals surface area contributed by atoms with Gasteiger partial charge >= 0.3 is 5.97 Å². The van der Waals surface area contributed by atoms with E-state index in [9.17, 15) is 4.79 Å². The van der Waals surface area contributed by atoms with Gasteiger partial charge in [-0.05, 0) is 30.2 Å². The van der Waals surface area contributed by atoms with E-state index in [0.717, 1.165) is 40.8 Å². The van der Waals surface area contributed by atoms with Gasteiger partial charge in [-0.15, -0.1) is 0 Å². The monoisotopic (exact) mass is 334 g/mol. The predicted octanol–water partition coefficient (Wildman–Crippen LogP) is 4.60. The van der Waals surface area contributed by atoms with Gasteiger partial charge in [-0.2, -0.15) is 0 Å². The smallest absolute Gasteiger partial charge is 0.330 e. The van der Waals surface area contributed by atoms with Crippen LogP contribution in [0.5, 0.6) is 0 Å². The Morgan fingerprint density at radius 3 is 2.72 bits per heavy atom. The second-order valence-corrected chi connectivity index (χ2v) is 5.92. The van der Waals surface area contributed by atoms with Crippen molar-refractivity contribution in [3.05, 3.63) is 60.2 Å². The highest BCUT2D eigenvalue weighted by atomic mass is 16.5. The molecule has 0 N–H and O–H groups in total. The third-order valence-electron chi connectivity index (χ3n) is 4.13. The van der Waals surface area contributed by atoms with Crippen molar-refractivity contribution < 1.29 is 9.53 Å². The fourth-order valence-corrected chi connectivity index (χ4v) is 2.76. The number of fused-ring (bicyclic) bond motifs is 1. The van der Waals surface area contributed by atoms with Crippen LogP contribution in [-0.4, -0.2) is 22.1 Å². The van der Waals surface area contributed by atoms with Crippen molar-refractivity contribution >= 4 is 23.1 Å². The fourth-order valence-electron chi connectivity index (χ4n) is 2.76. The summed E-state index contributed by atoms with van der Waals surface area (Å²) in [5, 5.41) is 0. The Kier molecular flexibility index (Phi) is 5.29. The zero-order valence-electron chi connectivity index (χ0n) is 14.6. The zero-order valence-corrected chi connectivity index (χ0v) is 14.6. The van der Waals surface area contributed by atoms with Crippen molar-refractivity contribution in [1.82, 2.24) is 9.55 Å². The van der Waals surface area contributed by atoms with Crippen molar-refractivity contribution in [2.24, 2.45) is 7.05 Å². The molecule has 0 amide bonds. The summed E-state index contributed by atoms with van der Waals surface area (Å²) in [6.45, 7) is 2.53. The molecule has 0 spiro atoms. The summed E-state index contributed by atoms with van der Waals surface area (Å²) in [6, 6.07) is 16.0. The third-order valence-corrected chi connectivity index (χ3v) is 4.13. The number of carbonyl (C=O) groups is 1. The van der Waals surface area contributed by atoms with Crippen LogP contribution in [0.25, 0.3) is 28.5 Å². The molecule has 0 aliphatic rings. The lowest BCUT2D eigenvalue weighted by atomic mass is 10.1. The topological polar surface area (TPSA) is 44.1 Å². The Morgan fingerprint density at radius 1 is 1.16 bits per heavy atom. The standard InChI is InChI=1S/C21H22N2O2/c1-3-4-15-25-20(24)14-13-16-9-5-6-10-17(16)21-22-18-11-7-8-12-19(18)23(21)2/h5-14H,3-4,15H2,1-2H3/b14-13+. The molecule has 0 fully saturated rings. The second kappa shape index (κ2) is 7.79. The van der Waals surface area contributed by atoms with Crippen molar-refractivity contribution in [3.63, 3.8) is 0 Å². The normalized spacial score (nSPS) is 11.3. The number of aryl methyl sites for hydroxylation is 1. The van der Waals surface area contributed by atoms with E-state index in [-0.39, 0.29) is 5.97 Å². The van der Waals surface area contributed by atoms with Gasteiger partial charge < -0.3 is 9.30 Å². The molecule has 0 aliphatic heterocycles. The molecule has 0 saturated heterocycles. The number of nitrogens with zero attached hydrogens (tertiary/aromatic N) is 2. The van der Waals surface area contributed by atoms with Gasteiger partial charge in [0.2, 0.25) is 0 Å². The van der Waals surface area contributed by atoms with Crippen LogP contribution in [0.1, 0.15) is 25.3 Å². The minimum absolute atomic E-state index is 0.312. The lowest BCUT2D eigenvalue weighted by Crippen LogP contribution is -2.01. The number of hydrogen-bond donors (Lipinski definition) is 0. The van der Waals surface area contributed by atoms with Gasteiger partial charge in [0, 0.05) is 18.7 Å². The molecule has 3 aromatic rings. The molecule has 4 heteroatoms. The molecule has 0 atom stereocenters. The van der Waals surface area contributed by atoms with Crippen LogP contribution in [0, 0.1) is 0 Å². The number of aromatic nitrogens is 2. The fraction of sp³-hybridized carbons (Fsp3) is 0.238. The Bertz CT molecular complexity index is 909. The molecule has 0 unspecified atom stereocenters. The number of esters is 1. The quantitative estimate of drug-likeness (QED) is 0.376. The highest BCUT2D eigenvalue weighted by Gasteiger charge is 2.11. The van der Waals surface area contributed by atoms with Crippen LogP contribution < -0.4 is 0 Å². The van der Waals surface area contributed by atoms with E-state index in [1.54, 1.807) is 6.08 Å². The van der Waals surface area contributed by atoms with E-state index < -0.39 is 0 Å². The summed E-state index contributed by atoms with van der Waals surface area (Å²) in [4.78, 5) is 16.6. The van der Waals surface area contributed by atoms with Crippen LogP contribution in [0.4, 0.5) is 0 Å². The maximum Gasteiger partial charge on any atom is 0.330 e. The summed E-state index contributed by atoms with van der Waals surface area (Å²) in [5.74, 6) is 0.564. The van der Waals surface area contributed by atoms with Crippen LogP contribution in [0.2, 0.25) is 0 Å². The first-order valence-corrected chi connectivity index (χ1v) is 8.56. The first kappa shape index (κ1) is 17.0. The number of para-hydroxylation sites is 2. The first-order chi connectivity index (χ1) is 12.2. The Hall–Kier alpha value is -2.88. The van der Waals surface area contributed by atoms with Crippen LogP contribution in [0.3, 0.4) is 0 Å². The minimum Gasteiger partial charge on any atom is -0.463 e. The number of ether oxygens (including phenoxy) is 1. The number of unbranched alkanes of at least 4 members (excludes halogenated alkanes) is 1. The molecule has 0 saturated carbocycles. The summed E-state index contributed by atoms with van der Waals surface area (Å²) < 4.78 is 7.25. The molecular weight excluding hydrogens is 312 g/mol. The maximum atomic E-state index is 11.8. The molecule has 0 bridgehead atoms. The molecule has 25 heavy (non-hydrogen) atoms. The predicted molar refractivity (Wildman–Crippen MR) is 101 cm³/mol. The lowest BCUT2D eigenvalue weighted by Gasteiger charge is -2.06. The number of hydrogen-bond acceptors (Lipinski definition) is 3. The van der Waals surface area contributed by atoms with E-state index in [1.165, 1.54) is 6.08 Å². The SMILES string of the molecule is CCCCOC(=O)/C=C/c1ccccc1-c1nc2ccccc2n1C. The number of rotatable bonds is 6. The highest BCUT2D eigenvalue weighted by molar-refractivity contribution is 5.89. The zero-order chi connectivity index (χ0) is 17.6. The van der Waals surface area contributed by atoms with Crippen molar-refractivity contribution in [3.8, 4) is 11.4 Å². The summed E-state index contributed by atoms with van der Waals surface area (Å²) in [7, 11) is 2.00. The van der Waals surface area contributed by atoms with Crippen LogP contribution >= 0.6 is 0 Å². The molecule has 3 rings (SSSR count). The largest absolute Gasteiger partial charge is 0.463 e. The summed E-state index contributed by atoms with van der Waals surface area (Å²) in [6.07, 6.45) is 5.17. The number of imidazole rings is 1. The van der Waals surface area contributed by atoms with Gasteiger partial charge in [-0.3, -0.25) is 0 Å². The Morgan fingerprint density at radius 2 is 1.92 bits per heavy atom. The average Bonchev–Trinajstić information content (AvgIpc) is 2.97. The molecule has 4 nitrogen and oxygen atoms in total. The van der Waals surface area contributed by atoms with E-state index in [4.69, 9.17) is 9.72 Å². The lowest BCUT2D eigenvalue weighted by molar-refractivity contribution is -0.137. The number of carbonyl (C=O) groups excluding carboxylic acids is 1. The van der Waals surface area contributed by atoms with E-state index in [2.05, 4.69) is 17.6 Å². The minimum atomic E-state index is -0.312. The van der Waals surface area contributed by atoms with Gasteiger partial charge in [0.15, 0.2) is 0 Å². The van der Waals surface area contributed by atoms with E-state index in [1.807, 2.05) is 49.5 Å². The van der Waals surface area contributed by atoms with Gasteiger partial charge in [0.25, 0.3) is 0 Å². The molecule has 128 valence electrons. The second-order valence-electron chi connectivity index (χ2n) is 5.92. The number of benzene rings is 2. The van der Waals surface area contributed by atoms with Crippen molar-refractivity contribution in [1.29, 1.82) is 0 Å². The van der Waals surface area contributed by atoms with Crippen LogP contribution in [0.15, 0.2) is 54.6 Å². The van der Waals surface area contributed by atoms with Crippen molar-refractivity contribution in [2.45, 2.75) is 19.8 Å². The van der Waals surface area contributed by atoms with Gasteiger partial charge in [0.1, 0.15) is 5.82 Å². The van der Waals surface area contributed by atoms with E-state index in [0.29, 0.717) is 6.61 Å². The molecule has 2 aromatic carbocycles. The molecule has 1 aromatic heterocycles. The Labute approximate surface area is 147 Å². The van der Waals surface area contributed by atoms with E-state index >= 15 is 0 Å². The van der Waals surface area contributed by atoms with Crippen LogP contribution in [-0.2, 0) is 16.6 Å². The first-order valence-electron chi connectivity index (χ1n) is 8.56. The maximum absolute atomic E-state index is 11.8. The highest BCUT2D eigenvalue weighted by Crippen LogP contribution is 2.27. The third kappa shape index (κ3) is 3.79. The summed E-state index contributed by atoms with van der Waals surface area (Å²) >= 11 is 0. The molecule has 1 heterocycles. The molecule has 0 aliphatic carbocycles. The summed E-state index contributed by atoms with van der Waals surface area (Å²) in [5.41, 5.74) is 3.96. The van der Waals surface area contributed by atoms with Gasteiger partial charge in [0.05, 0.1) is 17.6 Å². The van der Waals surface area contributed by atoms with Gasteiger partial charge in [-0.1, -0.05) is 49.7 Å². The molecule has 0 radical (unpaired) electrons. The van der Waals surface area contributed by atoms with Gasteiger partial charge in [-0.25, -0.2) is 9.78 Å². The Balaban J connectivity index is 1.90. The van der Waals surface area contributed by atoms with Crippen molar-refractivity contribution in [2.75, 3.05) is 6.61 Å². The molecular formula is C21H22N2O2.